The summed E-state index contributed by atoms with van der Waals surface area (Å²) in [4.78, 5) is 23.2. The molecule has 0 aromatic heterocycles. The van der Waals surface area contributed by atoms with Crippen LogP contribution in [0.5, 0.6) is 5.75 Å². The fraction of sp³-hybridized carbons (Fsp3) is 0.429. The highest BCUT2D eigenvalue weighted by molar-refractivity contribution is 5.97. The van der Waals surface area contributed by atoms with Crippen LogP contribution in [0.2, 0.25) is 0 Å². The summed E-state index contributed by atoms with van der Waals surface area (Å²) in [6.45, 7) is 5.28. The highest BCUT2D eigenvalue weighted by Gasteiger charge is 2.32. The number of carboxylic acid groups (broad SMARTS) is 1. The molecule has 1 rings (SSSR count). The number of benzene rings is 1. The zero-order valence-electron chi connectivity index (χ0n) is 11.6. The van der Waals surface area contributed by atoms with Crippen molar-refractivity contribution in [2.24, 2.45) is 5.41 Å². The second-order valence-electron chi connectivity index (χ2n) is 5.34. The number of amides is 1. The highest BCUT2D eigenvalue weighted by Crippen LogP contribution is 2.20. The molecule has 1 aromatic carbocycles. The van der Waals surface area contributed by atoms with E-state index in [1.54, 1.807) is 45.0 Å². The number of hydrogen-bond donors (Lipinski definition) is 2. The average molecular weight is 265 g/mol. The minimum absolute atomic E-state index is 0.370. The van der Waals surface area contributed by atoms with Crippen LogP contribution in [0.3, 0.4) is 0 Å². The first-order valence-electron chi connectivity index (χ1n) is 5.93. The summed E-state index contributed by atoms with van der Waals surface area (Å²) in [5, 5.41) is 11.7. The van der Waals surface area contributed by atoms with Crippen LogP contribution in [0.1, 0.15) is 31.1 Å². The molecular weight excluding hydrogens is 246 g/mol. The van der Waals surface area contributed by atoms with Crippen molar-refractivity contribution in [2.75, 3.05) is 7.11 Å². The summed E-state index contributed by atoms with van der Waals surface area (Å²) < 4.78 is 5.03. The van der Waals surface area contributed by atoms with Gasteiger partial charge >= 0.3 is 5.97 Å². The lowest BCUT2D eigenvalue weighted by Gasteiger charge is -2.27. The first-order chi connectivity index (χ1) is 8.75. The maximum Gasteiger partial charge on any atom is 0.326 e. The van der Waals surface area contributed by atoms with Crippen molar-refractivity contribution in [1.82, 2.24) is 5.32 Å². The standard InChI is InChI=1S/C14H19NO4/c1-14(2,3)11(13(17)18)15-12(16)9-6-5-7-10(8-9)19-4/h5-8,11H,1-4H3,(H,15,16)(H,17,18)/t11-/m1/s1. The predicted octanol–water partition coefficient (Wildman–Crippen LogP) is 1.92. The normalized spacial score (nSPS) is 12.6. The molecule has 5 nitrogen and oxygen atoms in total. The number of methoxy groups -OCH3 is 1. The van der Waals surface area contributed by atoms with Gasteiger partial charge in [-0.25, -0.2) is 4.79 Å². The number of carboxylic acids is 1. The summed E-state index contributed by atoms with van der Waals surface area (Å²) in [5.74, 6) is -0.930. The zero-order valence-corrected chi connectivity index (χ0v) is 11.6. The van der Waals surface area contributed by atoms with Crippen LogP contribution in [0.25, 0.3) is 0 Å². The van der Waals surface area contributed by atoms with E-state index < -0.39 is 23.3 Å². The van der Waals surface area contributed by atoms with Crippen LogP contribution in [0, 0.1) is 5.41 Å². The van der Waals surface area contributed by atoms with Crippen molar-refractivity contribution in [3.8, 4) is 5.75 Å². The molecular formula is C14H19NO4. The van der Waals surface area contributed by atoms with Gasteiger partial charge in [0.15, 0.2) is 0 Å². The zero-order chi connectivity index (χ0) is 14.6. The quantitative estimate of drug-likeness (QED) is 0.872. The maximum atomic E-state index is 12.0. The van der Waals surface area contributed by atoms with Crippen LogP contribution >= 0.6 is 0 Å². The van der Waals surface area contributed by atoms with Crippen molar-refractivity contribution >= 4 is 11.9 Å². The molecule has 1 aromatic rings. The van der Waals surface area contributed by atoms with Gasteiger partial charge in [0.05, 0.1) is 7.11 Å². The SMILES string of the molecule is COc1cccc(C(=O)N[C@H](C(=O)O)C(C)(C)C)c1. The van der Waals surface area contributed by atoms with Gasteiger partial charge in [-0.1, -0.05) is 26.8 Å². The summed E-state index contributed by atoms with van der Waals surface area (Å²) >= 11 is 0. The van der Waals surface area contributed by atoms with Crippen LogP contribution in [-0.2, 0) is 4.79 Å². The van der Waals surface area contributed by atoms with E-state index in [1.807, 2.05) is 0 Å². The molecule has 2 N–H and O–H groups in total. The van der Waals surface area contributed by atoms with E-state index in [0.29, 0.717) is 11.3 Å². The summed E-state index contributed by atoms with van der Waals surface area (Å²) in [6.07, 6.45) is 0. The summed E-state index contributed by atoms with van der Waals surface area (Å²) in [7, 11) is 1.51. The van der Waals surface area contributed by atoms with Crippen LogP contribution in [0.15, 0.2) is 24.3 Å². The molecule has 0 saturated carbocycles. The van der Waals surface area contributed by atoms with E-state index in [2.05, 4.69) is 5.32 Å². The van der Waals surface area contributed by atoms with E-state index in [4.69, 9.17) is 9.84 Å². The molecule has 0 fully saturated rings. The number of carbonyl (C=O) groups is 2. The lowest BCUT2D eigenvalue weighted by Crippen LogP contribution is -2.49. The Labute approximate surface area is 112 Å². The number of rotatable bonds is 4. The average Bonchev–Trinajstić information content (AvgIpc) is 2.33. The van der Waals surface area contributed by atoms with Gasteiger partial charge in [0.1, 0.15) is 11.8 Å². The summed E-state index contributed by atoms with van der Waals surface area (Å²) in [6, 6.07) is 5.62. The first kappa shape index (κ1) is 15.0. The monoisotopic (exact) mass is 265 g/mol. The Morgan fingerprint density at radius 2 is 1.95 bits per heavy atom. The number of carbonyl (C=O) groups excluding carboxylic acids is 1. The molecule has 0 spiro atoms. The van der Waals surface area contributed by atoms with Gasteiger partial charge in [0.2, 0.25) is 0 Å². The molecule has 0 aliphatic carbocycles. The third-order valence-corrected chi connectivity index (χ3v) is 2.72. The van der Waals surface area contributed by atoms with Gasteiger partial charge in [-0.15, -0.1) is 0 Å². The van der Waals surface area contributed by atoms with Crippen molar-refractivity contribution in [2.45, 2.75) is 26.8 Å². The van der Waals surface area contributed by atoms with E-state index in [1.165, 1.54) is 7.11 Å². The van der Waals surface area contributed by atoms with Crippen LogP contribution < -0.4 is 10.1 Å². The molecule has 0 heterocycles. The minimum atomic E-state index is -1.05. The van der Waals surface area contributed by atoms with Gasteiger partial charge in [-0.05, 0) is 23.6 Å². The topological polar surface area (TPSA) is 75.6 Å². The second kappa shape index (κ2) is 5.73. The number of aliphatic carboxylic acids is 1. The molecule has 0 saturated heterocycles. The Balaban J connectivity index is 2.91. The Morgan fingerprint density at radius 1 is 1.32 bits per heavy atom. The van der Waals surface area contributed by atoms with Gasteiger partial charge < -0.3 is 15.2 Å². The van der Waals surface area contributed by atoms with Gasteiger partial charge in [-0.3, -0.25) is 4.79 Å². The van der Waals surface area contributed by atoms with Crippen LogP contribution in [-0.4, -0.2) is 30.1 Å². The Bertz CT molecular complexity index is 477. The van der Waals surface area contributed by atoms with Crippen molar-refractivity contribution in [3.63, 3.8) is 0 Å². The molecule has 0 unspecified atom stereocenters. The molecule has 1 amide bonds. The molecule has 19 heavy (non-hydrogen) atoms. The third-order valence-electron chi connectivity index (χ3n) is 2.72. The van der Waals surface area contributed by atoms with Crippen molar-refractivity contribution in [1.29, 1.82) is 0 Å². The fourth-order valence-corrected chi connectivity index (χ4v) is 1.63. The van der Waals surface area contributed by atoms with E-state index in [-0.39, 0.29) is 0 Å². The number of nitrogens with one attached hydrogen (secondary N) is 1. The third kappa shape index (κ3) is 3.98. The molecule has 104 valence electrons. The highest BCUT2D eigenvalue weighted by atomic mass is 16.5. The minimum Gasteiger partial charge on any atom is -0.497 e. The number of ether oxygens (including phenoxy) is 1. The maximum absolute atomic E-state index is 12.0. The largest absolute Gasteiger partial charge is 0.497 e. The summed E-state index contributed by atoms with van der Waals surface area (Å²) in [5.41, 5.74) is -0.199. The lowest BCUT2D eigenvalue weighted by atomic mass is 9.86. The van der Waals surface area contributed by atoms with E-state index in [9.17, 15) is 9.59 Å². The van der Waals surface area contributed by atoms with E-state index in [0.717, 1.165) is 0 Å². The van der Waals surface area contributed by atoms with Crippen molar-refractivity contribution < 1.29 is 19.4 Å². The first-order valence-corrected chi connectivity index (χ1v) is 5.93. The molecule has 5 heteroatoms. The van der Waals surface area contributed by atoms with Crippen LogP contribution in [0.4, 0.5) is 0 Å². The second-order valence-corrected chi connectivity index (χ2v) is 5.34. The lowest BCUT2D eigenvalue weighted by molar-refractivity contribution is -0.142. The van der Waals surface area contributed by atoms with Gasteiger partial charge in [0.25, 0.3) is 5.91 Å². The number of hydrogen-bond acceptors (Lipinski definition) is 3. The fourth-order valence-electron chi connectivity index (χ4n) is 1.63. The Hall–Kier alpha value is -2.04. The van der Waals surface area contributed by atoms with Gasteiger partial charge in [0, 0.05) is 5.56 Å². The molecule has 0 radical (unpaired) electrons. The molecule has 1 atom stereocenters. The molecule has 0 aliphatic heterocycles. The smallest absolute Gasteiger partial charge is 0.326 e. The predicted molar refractivity (Wildman–Crippen MR) is 71.3 cm³/mol. The Kier molecular flexibility index (Phi) is 4.53. The molecule has 0 bridgehead atoms. The van der Waals surface area contributed by atoms with Crippen molar-refractivity contribution in [3.05, 3.63) is 29.8 Å². The van der Waals surface area contributed by atoms with Gasteiger partial charge in [-0.2, -0.15) is 0 Å². The molecule has 0 aliphatic rings. The Morgan fingerprint density at radius 3 is 2.42 bits per heavy atom. The van der Waals surface area contributed by atoms with E-state index >= 15 is 0 Å².